The number of likely N-dealkylation sites (tertiary alicyclic amines) is 1. The molecular formula is C20H24F3NO8S. The van der Waals surface area contributed by atoms with Gasteiger partial charge in [0.05, 0.1) is 6.54 Å². The number of ether oxygens (including phenoxy) is 4. The Balaban J connectivity index is 2.01. The molecule has 1 unspecified atom stereocenters. The summed E-state index contributed by atoms with van der Waals surface area (Å²) < 4.78 is 88.9. The number of fused-ring (bicyclic) bond motifs is 1. The summed E-state index contributed by atoms with van der Waals surface area (Å²) in [5, 5.41) is 0. The first-order valence-corrected chi connectivity index (χ1v) is 11.2. The van der Waals surface area contributed by atoms with E-state index in [1.165, 1.54) is 30.2 Å². The average molecular weight is 495 g/mol. The van der Waals surface area contributed by atoms with Crippen LogP contribution < -0.4 is 9.47 Å². The summed E-state index contributed by atoms with van der Waals surface area (Å²) in [6, 6.07) is 4.35. The topological polar surface area (TPSA) is 101 Å². The maximum atomic E-state index is 13.1. The second-order valence-electron chi connectivity index (χ2n) is 8.49. The number of hydrogen-bond acceptors (Lipinski definition) is 8. The molecule has 2 aliphatic heterocycles. The third-order valence-electron chi connectivity index (χ3n) is 4.67. The van der Waals surface area contributed by atoms with E-state index in [1.807, 2.05) is 0 Å². The first kappa shape index (κ1) is 25.0. The fourth-order valence-electron chi connectivity index (χ4n) is 3.36. The van der Waals surface area contributed by atoms with E-state index >= 15 is 0 Å². The summed E-state index contributed by atoms with van der Waals surface area (Å²) in [5.41, 5.74) is -7.87. The first-order valence-electron chi connectivity index (χ1n) is 9.82. The summed E-state index contributed by atoms with van der Waals surface area (Å²) in [4.78, 5) is 13.8. The minimum atomic E-state index is -5.99. The smallest absolute Gasteiger partial charge is 0.480 e. The van der Waals surface area contributed by atoms with Crippen LogP contribution in [0.5, 0.6) is 11.5 Å². The second kappa shape index (κ2) is 8.60. The van der Waals surface area contributed by atoms with Crippen LogP contribution in [0, 0.1) is 0 Å². The molecule has 2 heterocycles. The lowest BCUT2D eigenvalue weighted by Gasteiger charge is -2.34. The quantitative estimate of drug-likeness (QED) is 0.347. The molecule has 1 amide bonds. The molecule has 184 valence electrons. The van der Waals surface area contributed by atoms with E-state index < -0.39 is 38.7 Å². The SMILES string of the molecule is COCOc1cccc2c1C(OS(=O)(=O)C(F)(F)F)=CC1(CCN(C(=O)OC(C)(C)C)C1)O2. The van der Waals surface area contributed by atoms with Crippen LogP contribution in [0.3, 0.4) is 0 Å². The van der Waals surface area contributed by atoms with E-state index in [2.05, 4.69) is 4.18 Å². The number of halogens is 3. The summed E-state index contributed by atoms with van der Waals surface area (Å²) in [7, 11) is -4.65. The molecule has 2 aliphatic rings. The first-order chi connectivity index (χ1) is 15.2. The van der Waals surface area contributed by atoms with Gasteiger partial charge < -0.3 is 28.0 Å². The highest BCUT2D eigenvalue weighted by Gasteiger charge is 2.51. The van der Waals surface area contributed by atoms with Gasteiger partial charge in [0.15, 0.2) is 18.2 Å². The van der Waals surface area contributed by atoms with Gasteiger partial charge in [-0.2, -0.15) is 21.6 Å². The molecule has 1 saturated heterocycles. The van der Waals surface area contributed by atoms with Crippen molar-refractivity contribution in [2.24, 2.45) is 0 Å². The van der Waals surface area contributed by atoms with Crippen molar-refractivity contribution in [2.75, 3.05) is 27.0 Å². The van der Waals surface area contributed by atoms with Crippen LogP contribution in [-0.4, -0.2) is 63.1 Å². The van der Waals surface area contributed by atoms with Gasteiger partial charge in [-0.3, -0.25) is 0 Å². The normalized spacial score (nSPS) is 20.7. The number of alkyl halides is 3. The summed E-state index contributed by atoms with van der Waals surface area (Å²) in [6.45, 7) is 4.90. The van der Waals surface area contributed by atoms with Gasteiger partial charge in [-0.05, 0) is 32.9 Å². The molecule has 3 rings (SSSR count). The van der Waals surface area contributed by atoms with E-state index in [0.29, 0.717) is 0 Å². The Kier molecular flexibility index (Phi) is 6.50. The van der Waals surface area contributed by atoms with Crippen molar-refractivity contribution in [1.29, 1.82) is 0 Å². The Morgan fingerprint density at radius 3 is 2.55 bits per heavy atom. The summed E-state index contributed by atoms with van der Waals surface area (Å²) in [6.07, 6.45) is 0.654. The van der Waals surface area contributed by atoms with Crippen molar-refractivity contribution in [3.8, 4) is 11.5 Å². The maximum absolute atomic E-state index is 13.1. The highest BCUT2D eigenvalue weighted by Crippen LogP contribution is 2.46. The molecule has 1 fully saturated rings. The van der Waals surface area contributed by atoms with Gasteiger partial charge in [-0.15, -0.1) is 0 Å². The molecule has 0 bridgehead atoms. The van der Waals surface area contributed by atoms with E-state index in [0.717, 1.165) is 6.08 Å². The average Bonchev–Trinajstić information content (AvgIpc) is 3.06. The summed E-state index contributed by atoms with van der Waals surface area (Å²) >= 11 is 0. The number of rotatable bonds is 5. The van der Waals surface area contributed by atoms with Crippen LogP contribution >= 0.6 is 0 Å². The zero-order chi connectivity index (χ0) is 24.7. The standard InChI is InChI=1S/C20H24F3NO8S/c1-18(2,3)31-17(25)24-9-8-19(11-24)10-15(32-33(26,27)20(21,22)23)16-13(29-12-28-4)6-5-7-14(16)30-19/h5-7,10H,8-9,11-12H2,1-4H3. The lowest BCUT2D eigenvalue weighted by atomic mass is 9.95. The van der Waals surface area contributed by atoms with Crippen molar-refractivity contribution >= 4 is 22.0 Å². The van der Waals surface area contributed by atoms with Gasteiger partial charge in [-0.1, -0.05) is 6.07 Å². The molecule has 0 aliphatic carbocycles. The zero-order valence-electron chi connectivity index (χ0n) is 18.4. The van der Waals surface area contributed by atoms with Crippen LogP contribution in [0.15, 0.2) is 24.3 Å². The van der Waals surface area contributed by atoms with E-state index in [-0.39, 0.29) is 43.4 Å². The van der Waals surface area contributed by atoms with Gasteiger partial charge in [0.25, 0.3) is 0 Å². The van der Waals surface area contributed by atoms with Gasteiger partial charge in [0.1, 0.15) is 22.7 Å². The van der Waals surface area contributed by atoms with Crippen LogP contribution in [0.25, 0.3) is 5.76 Å². The number of methoxy groups -OCH3 is 1. The Bertz CT molecular complexity index is 1050. The number of amides is 1. The van der Waals surface area contributed by atoms with Crippen LogP contribution in [0.4, 0.5) is 18.0 Å². The minimum absolute atomic E-state index is 0.00480. The number of carbonyl (C=O) groups excluding carboxylic acids is 1. The van der Waals surface area contributed by atoms with Crippen molar-refractivity contribution in [2.45, 2.75) is 43.9 Å². The van der Waals surface area contributed by atoms with E-state index in [9.17, 15) is 26.4 Å². The minimum Gasteiger partial charge on any atom is -0.480 e. The lowest BCUT2D eigenvalue weighted by molar-refractivity contribution is -0.0511. The Morgan fingerprint density at radius 2 is 1.94 bits per heavy atom. The Hall–Kier alpha value is -2.67. The number of nitrogens with zero attached hydrogens (tertiary/aromatic N) is 1. The van der Waals surface area contributed by atoms with Gasteiger partial charge in [0, 0.05) is 26.2 Å². The predicted molar refractivity (Wildman–Crippen MR) is 109 cm³/mol. The van der Waals surface area contributed by atoms with Gasteiger partial charge >= 0.3 is 21.7 Å². The molecule has 0 aromatic heterocycles. The van der Waals surface area contributed by atoms with Crippen LogP contribution in [0.2, 0.25) is 0 Å². The molecule has 0 radical (unpaired) electrons. The third-order valence-corrected chi connectivity index (χ3v) is 5.64. The molecule has 1 aromatic carbocycles. The van der Waals surface area contributed by atoms with Gasteiger partial charge in [0.2, 0.25) is 0 Å². The van der Waals surface area contributed by atoms with Crippen molar-refractivity contribution in [3.63, 3.8) is 0 Å². The highest BCUT2D eigenvalue weighted by atomic mass is 32.2. The third kappa shape index (κ3) is 5.46. The fourth-order valence-corrected chi connectivity index (χ4v) is 3.82. The van der Waals surface area contributed by atoms with Gasteiger partial charge in [-0.25, -0.2) is 4.79 Å². The number of benzene rings is 1. The molecule has 1 aromatic rings. The monoisotopic (exact) mass is 495 g/mol. The molecular weight excluding hydrogens is 471 g/mol. The lowest BCUT2D eigenvalue weighted by Crippen LogP contribution is -2.43. The second-order valence-corrected chi connectivity index (χ2v) is 10.0. The van der Waals surface area contributed by atoms with Crippen LogP contribution in [0.1, 0.15) is 32.8 Å². The molecule has 0 N–H and O–H groups in total. The number of hydrogen-bond donors (Lipinski definition) is 0. The largest absolute Gasteiger partial charge is 0.534 e. The van der Waals surface area contributed by atoms with E-state index in [4.69, 9.17) is 18.9 Å². The predicted octanol–water partition coefficient (Wildman–Crippen LogP) is 3.65. The van der Waals surface area contributed by atoms with Crippen LogP contribution in [-0.2, 0) is 23.8 Å². The molecule has 1 spiro atoms. The molecule has 9 nitrogen and oxygen atoms in total. The molecule has 33 heavy (non-hydrogen) atoms. The van der Waals surface area contributed by atoms with Crippen molar-refractivity contribution in [3.05, 3.63) is 29.8 Å². The maximum Gasteiger partial charge on any atom is 0.534 e. The zero-order valence-corrected chi connectivity index (χ0v) is 19.2. The Morgan fingerprint density at radius 1 is 1.24 bits per heavy atom. The van der Waals surface area contributed by atoms with E-state index in [1.54, 1.807) is 20.8 Å². The number of carbonyl (C=O) groups is 1. The van der Waals surface area contributed by atoms with Crippen molar-refractivity contribution in [1.82, 2.24) is 4.90 Å². The Labute approximate surface area is 189 Å². The molecule has 13 heteroatoms. The fraction of sp³-hybridized carbons (Fsp3) is 0.550. The molecule has 0 saturated carbocycles. The molecule has 1 atom stereocenters. The van der Waals surface area contributed by atoms with Crippen molar-refractivity contribution < 1.29 is 49.5 Å². The summed E-state index contributed by atoms with van der Waals surface area (Å²) in [5.74, 6) is -0.592. The highest BCUT2D eigenvalue weighted by molar-refractivity contribution is 7.87.